The number of phenols is 1. The van der Waals surface area contributed by atoms with E-state index < -0.39 is 36.1 Å². The molecule has 1 fully saturated rings. The number of aliphatic hydroxyl groups excluding tert-OH is 3. The summed E-state index contributed by atoms with van der Waals surface area (Å²) >= 11 is 0. The van der Waals surface area contributed by atoms with Crippen LogP contribution < -0.4 is 15.1 Å². The van der Waals surface area contributed by atoms with Crippen molar-refractivity contribution in [2.45, 2.75) is 44.4 Å². The molecule has 0 saturated carbocycles. The minimum absolute atomic E-state index is 0.136. The lowest BCUT2D eigenvalue weighted by molar-refractivity contribution is -0.0586. The lowest BCUT2D eigenvalue weighted by Crippen LogP contribution is -2.36. The SMILES string of the molecule is COc1cc2c(oc(=O)c3cc(C)cc(OC)c32)c2c([C@@H]3O[C@H]([C@H](C)O)[C@@H](O)[C@@H]3O)ccc(O)c12. The molecule has 1 aromatic heterocycles. The lowest BCUT2D eigenvalue weighted by Gasteiger charge is -2.20. The maximum Gasteiger partial charge on any atom is 0.344 e. The third-order valence-electron chi connectivity index (χ3n) is 6.66. The maximum absolute atomic E-state index is 13.1. The first-order valence-electron chi connectivity index (χ1n) is 11.1. The Bertz CT molecular complexity index is 1520. The molecule has 1 aliphatic rings. The van der Waals surface area contributed by atoms with Crippen molar-refractivity contribution >= 4 is 32.5 Å². The monoisotopic (exact) mass is 482 g/mol. The van der Waals surface area contributed by atoms with Crippen LogP contribution in [-0.2, 0) is 4.74 Å². The van der Waals surface area contributed by atoms with E-state index in [1.807, 2.05) is 6.92 Å². The number of hydrogen-bond acceptors (Lipinski definition) is 9. The molecule has 0 radical (unpaired) electrons. The second-order valence-electron chi connectivity index (χ2n) is 8.90. The quantitative estimate of drug-likeness (QED) is 0.255. The van der Waals surface area contributed by atoms with E-state index in [-0.39, 0.29) is 22.1 Å². The van der Waals surface area contributed by atoms with Crippen LogP contribution >= 0.6 is 0 Å². The highest BCUT2D eigenvalue weighted by Gasteiger charge is 2.46. The predicted octanol–water partition coefficient (Wildman–Crippen LogP) is 2.67. The van der Waals surface area contributed by atoms with Crippen LogP contribution in [0.3, 0.4) is 0 Å². The summed E-state index contributed by atoms with van der Waals surface area (Å²) in [7, 11) is 2.95. The van der Waals surface area contributed by atoms with E-state index in [1.165, 1.54) is 33.3 Å². The number of ether oxygens (including phenoxy) is 3. The number of fused-ring (bicyclic) bond motifs is 5. The molecule has 184 valence electrons. The molecule has 3 aromatic carbocycles. The van der Waals surface area contributed by atoms with E-state index in [4.69, 9.17) is 18.6 Å². The van der Waals surface area contributed by atoms with Crippen molar-refractivity contribution < 1.29 is 39.1 Å². The van der Waals surface area contributed by atoms with Crippen LogP contribution in [0.2, 0.25) is 0 Å². The minimum atomic E-state index is -1.38. The van der Waals surface area contributed by atoms with Crippen molar-refractivity contribution in [3.8, 4) is 17.2 Å². The maximum atomic E-state index is 13.1. The van der Waals surface area contributed by atoms with Gasteiger partial charge in [-0.15, -0.1) is 0 Å². The van der Waals surface area contributed by atoms with Gasteiger partial charge in [0.25, 0.3) is 0 Å². The van der Waals surface area contributed by atoms with Gasteiger partial charge in [0.1, 0.15) is 47.2 Å². The number of aromatic hydroxyl groups is 1. The van der Waals surface area contributed by atoms with Crippen molar-refractivity contribution in [1.29, 1.82) is 0 Å². The highest BCUT2D eigenvalue weighted by Crippen LogP contribution is 2.47. The first kappa shape index (κ1) is 23.4. The second kappa shape index (κ2) is 8.39. The van der Waals surface area contributed by atoms with Crippen molar-refractivity contribution in [3.63, 3.8) is 0 Å². The van der Waals surface area contributed by atoms with Gasteiger partial charge in [0.05, 0.1) is 31.1 Å². The van der Waals surface area contributed by atoms with E-state index in [0.29, 0.717) is 33.2 Å². The van der Waals surface area contributed by atoms with Gasteiger partial charge in [-0.2, -0.15) is 0 Å². The molecule has 9 heteroatoms. The molecule has 1 aliphatic heterocycles. The Morgan fingerprint density at radius 3 is 2.26 bits per heavy atom. The molecule has 0 spiro atoms. The number of rotatable bonds is 4. The van der Waals surface area contributed by atoms with Crippen LogP contribution in [0.4, 0.5) is 0 Å². The summed E-state index contributed by atoms with van der Waals surface area (Å²) in [6.07, 6.45) is -5.89. The van der Waals surface area contributed by atoms with Crippen LogP contribution in [-0.4, -0.2) is 59.1 Å². The molecular weight excluding hydrogens is 456 g/mol. The summed E-state index contributed by atoms with van der Waals surface area (Å²) in [5.41, 5.74) is 0.694. The van der Waals surface area contributed by atoms with Crippen molar-refractivity contribution in [1.82, 2.24) is 0 Å². The fourth-order valence-corrected chi connectivity index (χ4v) is 5.06. The Hall–Kier alpha value is -3.37. The summed E-state index contributed by atoms with van der Waals surface area (Å²) in [4.78, 5) is 13.1. The molecule has 0 amide bonds. The zero-order valence-electron chi connectivity index (χ0n) is 19.6. The zero-order chi connectivity index (χ0) is 25.2. The fourth-order valence-electron chi connectivity index (χ4n) is 5.06. The number of benzene rings is 3. The molecular formula is C26H26O9. The number of hydrogen-bond donors (Lipinski definition) is 4. The molecule has 35 heavy (non-hydrogen) atoms. The highest BCUT2D eigenvalue weighted by molar-refractivity contribution is 6.19. The molecule has 5 rings (SSSR count). The number of aliphatic hydroxyl groups is 3. The second-order valence-corrected chi connectivity index (χ2v) is 8.90. The molecule has 0 aliphatic carbocycles. The van der Waals surface area contributed by atoms with Crippen LogP contribution in [0.25, 0.3) is 32.5 Å². The molecule has 0 bridgehead atoms. The number of aryl methyl sites for hydroxylation is 1. The molecule has 0 unspecified atom stereocenters. The largest absolute Gasteiger partial charge is 0.507 e. The van der Waals surface area contributed by atoms with Crippen molar-refractivity contribution in [2.75, 3.05) is 14.2 Å². The normalized spacial score (nSPS) is 23.3. The lowest BCUT2D eigenvalue weighted by atomic mass is 9.92. The van der Waals surface area contributed by atoms with Crippen LogP contribution in [0.1, 0.15) is 24.2 Å². The molecule has 9 nitrogen and oxygen atoms in total. The van der Waals surface area contributed by atoms with E-state index in [0.717, 1.165) is 5.56 Å². The zero-order valence-corrected chi connectivity index (χ0v) is 19.6. The van der Waals surface area contributed by atoms with E-state index >= 15 is 0 Å². The van der Waals surface area contributed by atoms with Gasteiger partial charge in [0.2, 0.25) is 0 Å². The summed E-state index contributed by atoms with van der Waals surface area (Å²) < 4.78 is 22.9. The van der Waals surface area contributed by atoms with Gasteiger partial charge >= 0.3 is 5.63 Å². The van der Waals surface area contributed by atoms with Gasteiger partial charge < -0.3 is 39.1 Å². The van der Waals surface area contributed by atoms with Gasteiger partial charge in [0, 0.05) is 16.2 Å². The van der Waals surface area contributed by atoms with Crippen LogP contribution in [0.5, 0.6) is 17.2 Å². The van der Waals surface area contributed by atoms with Crippen molar-refractivity contribution in [3.05, 3.63) is 51.9 Å². The Morgan fingerprint density at radius 2 is 1.63 bits per heavy atom. The standard InChI is InChI=1S/C26H26O9/c1-10-7-14-18(16(8-10)32-3)13-9-17(33-4)20-15(28)6-5-12(19(20)24(13)35-26(14)31)25-22(30)21(29)23(34-25)11(2)27/h5-9,11,21-23,25,27-30H,1-4H3/t11-,21-,22-,23+,25-/m0/s1. The highest BCUT2D eigenvalue weighted by atomic mass is 16.6. The summed E-state index contributed by atoms with van der Waals surface area (Å²) in [6, 6.07) is 8.10. The smallest absolute Gasteiger partial charge is 0.344 e. The summed E-state index contributed by atoms with van der Waals surface area (Å²) in [5.74, 6) is 0.619. The van der Waals surface area contributed by atoms with E-state index in [2.05, 4.69) is 0 Å². The minimum Gasteiger partial charge on any atom is -0.507 e. The Labute approximate surface area is 199 Å². The van der Waals surface area contributed by atoms with Gasteiger partial charge in [-0.3, -0.25) is 0 Å². The molecule has 4 N–H and O–H groups in total. The van der Waals surface area contributed by atoms with Gasteiger partial charge in [0.15, 0.2) is 0 Å². The van der Waals surface area contributed by atoms with Gasteiger partial charge in [-0.1, -0.05) is 6.07 Å². The Balaban J connectivity index is 1.95. The first-order valence-corrected chi connectivity index (χ1v) is 11.1. The van der Waals surface area contributed by atoms with Crippen LogP contribution in [0.15, 0.2) is 39.5 Å². The third-order valence-corrected chi connectivity index (χ3v) is 6.66. The van der Waals surface area contributed by atoms with Gasteiger partial charge in [-0.05, 0) is 49.2 Å². The Morgan fingerprint density at radius 1 is 0.943 bits per heavy atom. The van der Waals surface area contributed by atoms with Gasteiger partial charge in [-0.25, -0.2) is 4.79 Å². The fraction of sp³-hybridized carbons (Fsp3) is 0.346. The average molecular weight is 482 g/mol. The number of methoxy groups -OCH3 is 2. The summed E-state index contributed by atoms with van der Waals surface area (Å²) in [5, 5.41) is 43.9. The molecule has 5 atom stereocenters. The average Bonchev–Trinajstić information content (AvgIpc) is 3.13. The third kappa shape index (κ3) is 3.42. The molecule has 2 heterocycles. The van der Waals surface area contributed by atoms with E-state index in [1.54, 1.807) is 18.2 Å². The molecule has 1 saturated heterocycles. The summed E-state index contributed by atoms with van der Waals surface area (Å²) in [6.45, 7) is 3.29. The number of phenolic OH excluding ortho intramolecular Hbond substituents is 1. The topological polar surface area (TPSA) is 139 Å². The van der Waals surface area contributed by atoms with Crippen molar-refractivity contribution in [2.24, 2.45) is 0 Å². The van der Waals surface area contributed by atoms with Crippen LogP contribution in [0, 0.1) is 6.92 Å². The first-order chi connectivity index (χ1) is 16.7. The predicted molar refractivity (Wildman–Crippen MR) is 128 cm³/mol. The van der Waals surface area contributed by atoms with E-state index in [9.17, 15) is 25.2 Å². The molecule has 4 aromatic rings. The Kier molecular flexibility index (Phi) is 5.60.